The van der Waals surface area contributed by atoms with Crippen molar-refractivity contribution in [1.82, 2.24) is 10.2 Å². The number of nitriles is 1. The molecule has 1 fully saturated rings. The number of benzene rings is 2. The molecule has 2 N–H and O–H groups in total. The number of anilines is 2. The first-order valence-electron chi connectivity index (χ1n) is 9.78. The molecule has 0 bridgehead atoms. The topological polar surface area (TPSA) is 94.3 Å². The van der Waals surface area contributed by atoms with Crippen LogP contribution in [0.1, 0.15) is 17.5 Å². The quantitative estimate of drug-likeness (QED) is 0.551. The van der Waals surface area contributed by atoms with Gasteiger partial charge in [0.05, 0.1) is 36.9 Å². The highest BCUT2D eigenvalue weighted by Gasteiger charge is 2.39. The molecule has 2 aromatic carbocycles. The molecule has 0 spiro atoms. The van der Waals surface area contributed by atoms with Crippen molar-refractivity contribution >= 4 is 46.4 Å². The minimum atomic E-state index is -1.65. The van der Waals surface area contributed by atoms with E-state index in [1.807, 2.05) is 6.07 Å². The summed E-state index contributed by atoms with van der Waals surface area (Å²) in [5.41, 5.74) is -0.241. The Kier molecular flexibility index (Phi) is 7.24. The van der Waals surface area contributed by atoms with Gasteiger partial charge < -0.3 is 20.1 Å². The summed E-state index contributed by atoms with van der Waals surface area (Å²) >= 11 is 6.20. The maximum absolute atomic E-state index is 14.6. The van der Waals surface area contributed by atoms with E-state index in [1.54, 1.807) is 42.3 Å². The third kappa shape index (κ3) is 4.65. The predicted octanol–water partition coefficient (Wildman–Crippen LogP) is 4.11. The SMILES string of the molecule is COc1ccc(CNc2nnc(N3CCC(F)(CO)C3)c3ccc(C#N)cc23)cc1Cl.Cl. The van der Waals surface area contributed by atoms with Gasteiger partial charge in [0.25, 0.3) is 0 Å². The lowest BCUT2D eigenvalue weighted by Crippen LogP contribution is -2.32. The number of hydrogen-bond donors (Lipinski definition) is 2. The Bertz CT molecular complexity index is 1170. The van der Waals surface area contributed by atoms with E-state index in [-0.39, 0.29) is 25.4 Å². The lowest BCUT2D eigenvalue weighted by Gasteiger charge is -2.21. The number of nitrogens with zero attached hydrogens (tertiary/aromatic N) is 4. The monoisotopic (exact) mass is 477 g/mol. The van der Waals surface area contributed by atoms with Gasteiger partial charge in [0.15, 0.2) is 17.3 Å². The average molecular weight is 478 g/mol. The molecular weight excluding hydrogens is 456 g/mol. The number of aromatic nitrogens is 2. The summed E-state index contributed by atoms with van der Waals surface area (Å²) in [6.07, 6.45) is 0.223. The van der Waals surface area contributed by atoms with Crippen LogP contribution in [0.25, 0.3) is 10.8 Å². The molecule has 4 rings (SSSR count). The highest BCUT2D eigenvalue weighted by molar-refractivity contribution is 6.32. The molecule has 32 heavy (non-hydrogen) atoms. The molecule has 1 atom stereocenters. The highest BCUT2D eigenvalue weighted by Crippen LogP contribution is 2.35. The number of alkyl halides is 1. The van der Waals surface area contributed by atoms with Crippen LogP contribution in [-0.4, -0.2) is 47.8 Å². The zero-order chi connectivity index (χ0) is 22.0. The van der Waals surface area contributed by atoms with Crippen molar-refractivity contribution in [3.05, 3.63) is 52.5 Å². The van der Waals surface area contributed by atoms with Gasteiger partial charge in [0, 0.05) is 30.3 Å². The molecule has 1 aliphatic heterocycles. The van der Waals surface area contributed by atoms with Crippen LogP contribution in [0.5, 0.6) is 5.75 Å². The summed E-state index contributed by atoms with van der Waals surface area (Å²) in [7, 11) is 1.56. The van der Waals surface area contributed by atoms with E-state index >= 15 is 0 Å². The van der Waals surface area contributed by atoms with Crippen molar-refractivity contribution in [2.45, 2.75) is 18.6 Å². The van der Waals surface area contributed by atoms with Gasteiger partial charge in [-0.05, 0) is 35.9 Å². The van der Waals surface area contributed by atoms with Crippen LogP contribution in [0.4, 0.5) is 16.0 Å². The number of methoxy groups -OCH3 is 1. The van der Waals surface area contributed by atoms with E-state index in [0.717, 1.165) is 10.9 Å². The van der Waals surface area contributed by atoms with Gasteiger partial charge >= 0.3 is 0 Å². The number of nitrogens with one attached hydrogen (secondary N) is 1. The molecular formula is C22H22Cl2FN5O2. The van der Waals surface area contributed by atoms with Crippen molar-refractivity contribution in [3.63, 3.8) is 0 Å². The molecule has 0 amide bonds. The Morgan fingerprint density at radius 1 is 1.28 bits per heavy atom. The third-order valence-corrected chi connectivity index (χ3v) is 5.75. The van der Waals surface area contributed by atoms with Gasteiger partial charge in [-0.15, -0.1) is 22.6 Å². The summed E-state index contributed by atoms with van der Waals surface area (Å²) < 4.78 is 19.7. The molecule has 7 nitrogen and oxygen atoms in total. The molecule has 168 valence electrons. The van der Waals surface area contributed by atoms with Crippen molar-refractivity contribution < 1.29 is 14.2 Å². The summed E-state index contributed by atoms with van der Waals surface area (Å²) in [6, 6.07) is 12.9. The molecule has 0 aliphatic carbocycles. The Morgan fingerprint density at radius 3 is 2.75 bits per heavy atom. The Labute approximate surface area is 196 Å². The molecule has 1 aliphatic rings. The van der Waals surface area contributed by atoms with E-state index in [4.69, 9.17) is 16.3 Å². The average Bonchev–Trinajstić information content (AvgIpc) is 3.19. The summed E-state index contributed by atoms with van der Waals surface area (Å²) in [4.78, 5) is 1.78. The van der Waals surface area contributed by atoms with Gasteiger partial charge in [0.1, 0.15) is 5.75 Å². The number of fused-ring (bicyclic) bond motifs is 1. The second-order valence-electron chi connectivity index (χ2n) is 7.55. The first kappa shape index (κ1) is 23.8. The maximum Gasteiger partial charge on any atom is 0.159 e. The van der Waals surface area contributed by atoms with Crippen molar-refractivity contribution in [2.75, 3.05) is 37.0 Å². The Balaban J connectivity index is 0.00000289. The van der Waals surface area contributed by atoms with Crippen molar-refractivity contribution in [3.8, 4) is 11.8 Å². The van der Waals surface area contributed by atoms with E-state index in [0.29, 0.717) is 46.4 Å². The number of aliphatic hydroxyl groups is 1. The summed E-state index contributed by atoms with van der Waals surface area (Å²) in [5, 5.41) is 32.6. The lowest BCUT2D eigenvalue weighted by molar-refractivity contribution is 0.0909. The fourth-order valence-corrected chi connectivity index (χ4v) is 4.01. The van der Waals surface area contributed by atoms with Crippen molar-refractivity contribution in [1.29, 1.82) is 5.26 Å². The van der Waals surface area contributed by atoms with Gasteiger partial charge in [0.2, 0.25) is 0 Å². The molecule has 10 heteroatoms. The first-order valence-corrected chi connectivity index (χ1v) is 10.2. The minimum Gasteiger partial charge on any atom is -0.495 e. The van der Waals surface area contributed by atoms with Gasteiger partial charge in [-0.25, -0.2) is 4.39 Å². The van der Waals surface area contributed by atoms with Gasteiger partial charge in [-0.2, -0.15) is 5.26 Å². The first-order chi connectivity index (χ1) is 15.0. The van der Waals surface area contributed by atoms with Crippen LogP contribution in [0.15, 0.2) is 36.4 Å². The standard InChI is InChI=1S/C22H21ClFN5O2.ClH/c1-31-19-5-3-15(9-18(19)23)11-26-20-17-8-14(10-25)2-4-16(17)21(28-27-20)29-7-6-22(24,12-29)13-30;/h2-5,8-9,30H,6-7,11-13H2,1H3,(H,26,27);1H. The number of rotatable bonds is 6. The summed E-state index contributed by atoms with van der Waals surface area (Å²) in [6.45, 7) is 0.380. The van der Waals surface area contributed by atoms with Crippen LogP contribution in [0, 0.1) is 11.3 Å². The molecule has 2 heterocycles. The van der Waals surface area contributed by atoms with E-state index < -0.39 is 12.3 Å². The molecule has 3 aromatic rings. The number of halogens is 3. The predicted molar refractivity (Wildman–Crippen MR) is 125 cm³/mol. The van der Waals surface area contributed by atoms with Crippen LogP contribution in [0.2, 0.25) is 5.02 Å². The third-order valence-electron chi connectivity index (χ3n) is 5.45. The summed E-state index contributed by atoms with van der Waals surface area (Å²) in [5.74, 6) is 1.64. The van der Waals surface area contributed by atoms with Crippen LogP contribution in [0.3, 0.4) is 0 Å². The largest absolute Gasteiger partial charge is 0.495 e. The zero-order valence-electron chi connectivity index (χ0n) is 17.3. The normalized spacial score (nSPS) is 17.7. The molecule has 1 unspecified atom stereocenters. The number of ether oxygens (including phenoxy) is 1. The van der Waals surface area contributed by atoms with Crippen molar-refractivity contribution in [2.24, 2.45) is 0 Å². The Hall–Kier alpha value is -2.86. The number of aliphatic hydroxyl groups excluding tert-OH is 1. The second-order valence-corrected chi connectivity index (χ2v) is 7.95. The molecule has 1 saturated heterocycles. The van der Waals surface area contributed by atoms with Crippen LogP contribution in [-0.2, 0) is 6.54 Å². The highest BCUT2D eigenvalue weighted by atomic mass is 35.5. The van der Waals surface area contributed by atoms with E-state index in [2.05, 4.69) is 21.6 Å². The van der Waals surface area contributed by atoms with Crippen LogP contribution < -0.4 is 15.0 Å². The fourth-order valence-electron chi connectivity index (χ4n) is 3.72. The van der Waals surface area contributed by atoms with Gasteiger partial charge in [-0.3, -0.25) is 0 Å². The smallest absolute Gasteiger partial charge is 0.159 e. The molecule has 0 radical (unpaired) electrons. The molecule has 1 aromatic heterocycles. The minimum absolute atomic E-state index is 0. The Morgan fingerprint density at radius 2 is 2.09 bits per heavy atom. The van der Waals surface area contributed by atoms with Crippen LogP contribution >= 0.6 is 24.0 Å². The lowest BCUT2D eigenvalue weighted by atomic mass is 10.1. The maximum atomic E-state index is 14.6. The van der Waals surface area contributed by atoms with E-state index in [9.17, 15) is 14.8 Å². The zero-order valence-corrected chi connectivity index (χ0v) is 18.9. The number of hydrogen-bond acceptors (Lipinski definition) is 7. The fraction of sp³-hybridized carbons (Fsp3) is 0.318. The molecule has 0 saturated carbocycles. The van der Waals surface area contributed by atoms with Gasteiger partial charge in [-0.1, -0.05) is 17.7 Å². The second kappa shape index (κ2) is 9.74. The van der Waals surface area contributed by atoms with E-state index in [1.165, 1.54) is 0 Å².